The first-order valence-electron chi connectivity index (χ1n) is 13.1. The van der Waals surface area contributed by atoms with Gasteiger partial charge >= 0.3 is 0 Å². The number of Topliss-reactive ketones (excluding diaryl/α,β-unsaturated/α-hetero) is 1. The van der Waals surface area contributed by atoms with Crippen molar-refractivity contribution in [2.24, 2.45) is 5.41 Å². The molecule has 1 aromatic rings. The third-order valence-corrected chi connectivity index (χ3v) is 7.72. The second kappa shape index (κ2) is 10.4. The smallest absolute Gasteiger partial charge is 0.251 e. The van der Waals surface area contributed by atoms with Gasteiger partial charge in [-0.05, 0) is 81.6 Å². The van der Waals surface area contributed by atoms with Crippen LogP contribution in [0.1, 0.15) is 82.1 Å². The van der Waals surface area contributed by atoms with Crippen molar-refractivity contribution in [3.05, 3.63) is 35.4 Å². The number of likely N-dealkylation sites (tertiary alicyclic amines) is 2. The first-order valence-corrected chi connectivity index (χ1v) is 13.1. The molecule has 3 atom stereocenters. The van der Waals surface area contributed by atoms with E-state index in [2.05, 4.69) is 57.0 Å². The van der Waals surface area contributed by atoms with Crippen LogP contribution < -0.4 is 5.32 Å². The quantitative estimate of drug-likeness (QED) is 0.671. The van der Waals surface area contributed by atoms with Crippen molar-refractivity contribution >= 4 is 17.6 Å². The lowest BCUT2D eigenvalue weighted by molar-refractivity contribution is -0.138. The Kier molecular flexibility index (Phi) is 7.67. The molecular weight excluding hydrogens is 442 g/mol. The number of hydrogen-bond acceptors (Lipinski definition) is 5. The molecule has 0 unspecified atom stereocenters. The number of ether oxygens (including phenoxy) is 1. The van der Waals surface area contributed by atoms with Gasteiger partial charge in [-0.2, -0.15) is 0 Å². The molecule has 0 saturated carbocycles. The van der Waals surface area contributed by atoms with Crippen LogP contribution in [0.3, 0.4) is 0 Å². The summed E-state index contributed by atoms with van der Waals surface area (Å²) in [5.74, 6) is 0.0368. The molecule has 1 aromatic carbocycles. The summed E-state index contributed by atoms with van der Waals surface area (Å²) in [4.78, 5) is 43.2. The number of rotatable bonds is 6. The van der Waals surface area contributed by atoms with Crippen molar-refractivity contribution in [2.75, 3.05) is 26.2 Å². The fourth-order valence-corrected chi connectivity index (χ4v) is 5.75. The largest absolute Gasteiger partial charge is 0.368 e. The Labute approximate surface area is 209 Å². The third kappa shape index (κ3) is 5.95. The van der Waals surface area contributed by atoms with Crippen LogP contribution in [-0.2, 0) is 14.3 Å². The molecule has 3 aliphatic rings. The van der Waals surface area contributed by atoms with Crippen molar-refractivity contribution in [2.45, 2.75) is 90.4 Å². The van der Waals surface area contributed by atoms with E-state index in [1.807, 2.05) is 12.1 Å². The summed E-state index contributed by atoms with van der Waals surface area (Å²) < 4.78 is 5.55. The number of carbonyl (C=O) groups is 3. The minimum atomic E-state index is -0.685. The monoisotopic (exact) mass is 483 g/mol. The number of hydrogen-bond donors (Lipinski definition) is 1. The summed E-state index contributed by atoms with van der Waals surface area (Å²) in [6.45, 7) is 13.4. The fourth-order valence-electron chi connectivity index (χ4n) is 5.75. The van der Waals surface area contributed by atoms with Gasteiger partial charge in [0.1, 0.15) is 18.7 Å². The van der Waals surface area contributed by atoms with Gasteiger partial charge in [-0.3, -0.25) is 14.4 Å². The predicted molar refractivity (Wildman–Crippen MR) is 135 cm³/mol. The number of ketones is 1. The molecule has 35 heavy (non-hydrogen) atoms. The Morgan fingerprint density at radius 1 is 1.06 bits per heavy atom. The average Bonchev–Trinajstić information content (AvgIpc) is 3.40. The lowest BCUT2D eigenvalue weighted by Gasteiger charge is -2.34. The molecule has 3 aliphatic heterocycles. The molecule has 3 heterocycles. The zero-order chi connectivity index (χ0) is 25.3. The zero-order valence-corrected chi connectivity index (χ0v) is 21.9. The van der Waals surface area contributed by atoms with Crippen LogP contribution >= 0.6 is 0 Å². The third-order valence-electron chi connectivity index (χ3n) is 7.72. The summed E-state index contributed by atoms with van der Waals surface area (Å²) in [6, 6.07) is 7.25. The number of nitrogens with zero attached hydrogens (tertiary/aromatic N) is 2. The maximum atomic E-state index is 13.5. The van der Waals surface area contributed by atoms with Crippen molar-refractivity contribution in [1.82, 2.24) is 15.1 Å². The molecule has 0 radical (unpaired) electrons. The highest BCUT2D eigenvalue weighted by molar-refractivity contribution is 5.99. The fraction of sp³-hybridized carbons (Fsp3) is 0.679. The summed E-state index contributed by atoms with van der Waals surface area (Å²) >= 11 is 0. The van der Waals surface area contributed by atoms with Gasteiger partial charge in [0.05, 0.1) is 6.10 Å². The lowest BCUT2D eigenvalue weighted by Crippen LogP contribution is -2.53. The Morgan fingerprint density at radius 3 is 2.31 bits per heavy atom. The van der Waals surface area contributed by atoms with Gasteiger partial charge in [0.2, 0.25) is 5.91 Å². The molecule has 192 valence electrons. The van der Waals surface area contributed by atoms with Crippen LogP contribution in [0.25, 0.3) is 0 Å². The average molecular weight is 484 g/mol. The number of benzene rings is 1. The van der Waals surface area contributed by atoms with E-state index in [1.165, 1.54) is 5.56 Å². The van der Waals surface area contributed by atoms with Crippen LogP contribution in [0.5, 0.6) is 0 Å². The Bertz CT molecular complexity index is 929. The van der Waals surface area contributed by atoms with E-state index in [0.29, 0.717) is 36.9 Å². The lowest BCUT2D eigenvalue weighted by atomic mass is 9.87. The number of amides is 2. The normalized spacial score (nSPS) is 24.6. The molecular formula is C28H41N3O4. The van der Waals surface area contributed by atoms with Crippen molar-refractivity contribution in [3.8, 4) is 0 Å². The molecule has 4 rings (SSSR count). The summed E-state index contributed by atoms with van der Waals surface area (Å²) in [5, 5.41) is 2.99. The van der Waals surface area contributed by atoms with Gasteiger partial charge in [-0.25, -0.2) is 0 Å². The van der Waals surface area contributed by atoms with Gasteiger partial charge in [0.25, 0.3) is 5.91 Å². The maximum Gasteiger partial charge on any atom is 0.251 e. The van der Waals surface area contributed by atoms with Gasteiger partial charge in [0.15, 0.2) is 5.78 Å². The van der Waals surface area contributed by atoms with E-state index in [9.17, 15) is 14.4 Å². The highest BCUT2D eigenvalue weighted by atomic mass is 16.5. The van der Waals surface area contributed by atoms with E-state index < -0.39 is 12.1 Å². The van der Waals surface area contributed by atoms with Crippen LogP contribution in [0.4, 0.5) is 0 Å². The minimum Gasteiger partial charge on any atom is -0.368 e. The Hall–Kier alpha value is -2.25. The molecule has 7 heteroatoms. The molecule has 0 bridgehead atoms. The van der Waals surface area contributed by atoms with Crippen LogP contribution in [-0.4, -0.2) is 77.9 Å². The standard InChI is InChI=1S/C28H41N3O4/c1-18(2)30-13-10-20(11-14-30)19-6-8-21(9-7-19)26(33)29-22(16-28(3,4)5)27(34)31-15-12-24-25(31)23(32)17-35-24/h6-9,18,20,22,24-25H,10-17H2,1-5H3,(H,29,33)/t22-,24+,25+/m0/s1. The second-order valence-corrected chi connectivity index (χ2v) is 11.9. The number of fused-ring (bicyclic) bond motifs is 1. The molecule has 0 aliphatic carbocycles. The molecule has 3 fully saturated rings. The maximum absolute atomic E-state index is 13.5. The number of nitrogens with one attached hydrogen (secondary N) is 1. The zero-order valence-electron chi connectivity index (χ0n) is 21.9. The summed E-state index contributed by atoms with van der Waals surface area (Å²) in [6.07, 6.45) is 3.21. The Balaban J connectivity index is 1.42. The van der Waals surface area contributed by atoms with E-state index in [4.69, 9.17) is 4.74 Å². The van der Waals surface area contributed by atoms with Gasteiger partial charge < -0.3 is 19.9 Å². The van der Waals surface area contributed by atoms with Crippen molar-refractivity contribution in [1.29, 1.82) is 0 Å². The van der Waals surface area contributed by atoms with E-state index in [1.54, 1.807) is 4.90 Å². The number of carbonyl (C=O) groups excluding carboxylic acids is 3. The van der Waals surface area contributed by atoms with Gasteiger partial charge in [0, 0.05) is 18.2 Å². The topological polar surface area (TPSA) is 79.0 Å². The SMILES string of the molecule is CC(C)N1CCC(c2ccc(C(=O)N[C@@H](CC(C)(C)C)C(=O)N3CC[C@H]4OCC(=O)[C@H]43)cc2)CC1. The van der Waals surface area contributed by atoms with Crippen LogP contribution in [0, 0.1) is 5.41 Å². The van der Waals surface area contributed by atoms with E-state index in [-0.39, 0.29) is 35.7 Å². The first kappa shape index (κ1) is 25.8. The molecule has 2 amide bonds. The molecule has 1 N–H and O–H groups in total. The minimum absolute atomic E-state index is 0.0449. The highest BCUT2D eigenvalue weighted by Gasteiger charge is 2.48. The van der Waals surface area contributed by atoms with Gasteiger partial charge in [-0.1, -0.05) is 32.9 Å². The van der Waals surface area contributed by atoms with Gasteiger partial charge in [-0.15, -0.1) is 0 Å². The highest BCUT2D eigenvalue weighted by Crippen LogP contribution is 2.31. The van der Waals surface area contributed by atoms with Crippen LogP contribution in [0.15, 0.2) is 24.3 Å². The summed E-state index contributed by atoms with van der Waals surface area (Å²) in [7, 11) is 0. The Morgan fingerprint density at radius 2 is 1.71 bits per heavy atom. The number of piperidine rings is 1. The van der Waals surface area contributed by atoms with Crippen molar-refractivity contribution < 1.29 is 19.1 Å². The van der Waals surface area contributed by atoms with E-state index >= 15 is 0 Å². The summed E-state index contributed by atoms with van der Waals surface area (Å²) in [5.41, 5.74) is 1.66. The molecule has 3 saturated heterocycles. The molecule has 0 aromatic heterocycles. The molecule has 0 spiro atoms. The van der Waals surface area contributed by atoms with Crippen molar-refractivity contribution in [3.63, 3.8) is 0 Å². The predicted octanol–water partition coefficient (Wildman–Crippen LogP) is 3.38. The first-order chi connectivity index (χ1) is 16.5. The van der Waals surface area contributed by atoms with E-state index in [0.717, 1.165) is 25.9 Å². The second-order valence-electron chi connectivity index (χ2n) is 11.9. The van der Waals surface area contributed by atoms with Crippen LogP contribution in [0.2, 0.25) is 0 Å². The molecule has 7 nitrogen and oxygen atoms in total.